The van der Waals surface area contributed by atoms with Gasteiger partial charge in [-0.1, -0.05) is 66.5 Å². The van der Waals surface area contributed by atoms with Crippen molar-refractivity contribution in [2.75, 3.05) is 4.90 Å². The molecule has 2 heterocycles. The lowest BCUT2D eigenvalue weighted by Crippen LogP contribution is -2.44. The number of carboxylic acid groups (broad SMARTS) is 1. The maximum atomic E-state index is 13.0. The number of nitrogens with zero attached hydrogens (tertiary/aromatic N) is 2. The Kier molecular flexibility index (Phi) is 6.02. The fraction of sp³-hybridized carbons (Fsp3) is 0.0870. The predicted molar refractivity (Wildman–Crippen MR) is 125 cm³/mol. The summed E-state index contributed by atoms with van der Waals surface area (Å²) in [6.45, 7) is 0. The Morgan fingerprint density at radius 2 is 1.75 bits per heavy atom. The largest absolute Gasteiger partial charge is 0.478 e. The Morgan fingerprint density at radius 1 is 1.06 bits per heavy atom. The standard InChI is InChI=1S/C23H16N2O5S2/c26-19-13-17(20(27)24(19)16-11-9-15(10-12-16)22(29)30)25-21(28)18(32-23(25)31)8-4-7-14-5-2-1-3-6-14/h1-12,17H,13H2,(H,29,30). The number of thioether (sulfide) groups is 1. The highest BCUT2D eigenvalue weighted by atomic mass is 32.2. The van der Waals surface area contributed by atoms with Crippen LogP contribution in [0.2, 0.25) is 0 Å². The van der Waals surface area contributed by atoms with Crippen LogP contribution >= 0.6 is 24.0 Å². The number of thiocarbonyl (C=S) groups is 1. The van der Waals surface area contributed by atoms with Gasteiger partial charge in [0.05, 0.1) is 22.6 Å². The molecule has 32 heavy (non-hydrogen) atoms. The molecule has 1 atom stereocenters. The number of anilines is 1. The van der Waals surface area contributed by atoms with Crippen molar-refractivity contribution in [1.82, 2.24) is 4.90 Å². The molecule has 7 nitrogen and oxygen atoms in total. The molecule has 2 saturated heterocycles. The van der Waals surface area contributed by atoms with Gasteiger partial charge in [-0.2, -0.15) is 0 Å². The average Bonchev–Trinajstić information content (AvgIpc) is 3.22. The van der Waals surface area contributed by atoms with Crippen LogP contribution < -0.4 is 4.90 Å². The third-order valence-electron chi connectivity index (χ3n) is 4.97. The van der Waals surface area contributed by atoms with Crippen molar-refractivity contribution in [3.05, 3.63) is 82.8 Å². The number of benzene rings is 2. The highest BCUT2D eigenvalue weighted by Crippen LogP contribution is 2.36. The normalized spacial score (nSPS) is 20.2. The summed E-state index contributed by atoms with van der Waals surface area (Å²) < 4.78 is 0.212. The number of carbonyl (C=O) groups is 4. The van der Waals surface area contributed by atoms with Crippen molar-refractivity contribution in [3.63, 3.8) is 0 Å². The number of hydrogen-bond acceptors (Lipinski definition) is 6. The smallest absolute Gasteiger partial charge is 0.335 e. The van der Waals surface area contributed by atoms with Gasteiger partial charge in [-0.05, 0) is 35.9 Å². The molecule has 0 aliphatic carbocycles. The van der Waals surface area contributed by atoms with Crippen molar-refractivity contribution >= 4 is 63.8 Å². The van der Waals surface area contributed by atoms with Crippen LogP contribution in [0.25, 0.3) is 6.08 Å². The summed E-state index contributed by atoms with van der Waals surface area (Å²) in [6.07, 6.45) is 5.02. The number of aromatic carboxylic acids is 1. The van der Waals surface area contributed by atoms with Gasteiger partial charge in [-0.3, -0.25) is 19.3 Å². The minimum atomic E-state index is -1.11. The average molecular weight is 465 g/mol. The van der Waals surface area contributed by atoms with Crippen LogP contribution in [-0.4, -0.2) is 44.1 Å². The van der Waals surface area contributed by atoms with Crippen LogP contribution in [0.5, 0.6) is 0 Å². The summed E-state index contributed by atoms with van der Waals surface area (Å²) in [4.78, 5) is 52.1. The Morgan fingerprint density at radius 3 is 2.41 bits per heavy atom. The highest BCUT2D eigenvalue weighted by Gasteiger charge is 2.48. The van der Waals surface area contributed by atoms with E-state index in [9.17, 15) is 19.2 Å². The lowest BCUT2D eigenvalue weighted by molar-refractivity contribution is -0.130. The Balaban J connectivity index is 1.52. The molecule has 4 rings (SSSR count). The minimum Gasteiger partial charge on any atom is -0.478 e. The van der Waals surface area contributed by atoms with E-state index in [1.54, 1.807) is 12.2 Å². The molecule has 0 bridgehead atoms. The van der Waals surface area contributed by atoms with E-state index in [1.807, 2.05) is 36.4 Å². The number of allylic oxidation sites excluding steroid dienone is 2. The van der Waals surface area contributed by atoms with Crippen LogP contribution in [0.3, 0.4) is 0 Å². The van der Waals surface area contributed by atoms with Crippen molar-refractivity contribution in [1.29, 1.82) is 0 Å². The van der Waals surface area contributed by atoms with Crippen LogP contribution in [0, 0.1) is 0 Å². The second kappa shape index (κ2) is 8.89. The van der Waals surface area contributed by atoms with E-state index in [1.165, 1.54) is 29.2 Å². The Labute approximate surface area is 193 Å². The molecule has 9 heteroatoms. The molecule has 1 N–H and O–H groups in total. The van der Waals surface area contributed by atoms with Gasteiger partial charge in [-0.25, -0.2) is 9.69 Å². The van der Waals surface area contributed by atoms with Crippen LogP contribution in [0.1, 0.15) is 22.3 Å². The van der Waals surface area contributed by atoms with E-state index < -0.39 is 29.7 Å². The quantitative estimate of drug-likeness (QED) is 0.411. The zero-order valence-corrected chi connectivity index (χ0v) is 18.1. The van der Waals surface area contributed by atoms with Gasteiger partial charge in [0.2, 0.25) is 5.91 Å². The molecule has 2 aliphatic heterocycles. The van der Waals surface area contributed by atoms with E-state index in [-0.39, 0.29) is 22.0 Å². The third-order valence-corrected chi connectivity index (χ3v) is 6.31. The molecular weight excluding hydrogens is 448 g/mol. The number of amides is 3. The number of imide groups is 1. The van der Waals surface area contributed by atoms with E-state index in [2.05, 4.69) is 0 Å². The first-order valence-electron chi connectivity index (χ1n) is 9.56. The van der Waals surface area contributed by atoms with E-state index in [0.29, 0.717) is 4.91 Å². The Bertz CT molecular complexity index is 1190. The molecule has 0 radical (unpaired) electrons. The van der Waals surface area contributed by atoms with Gasteiger partial charge < -0.3 is 5.11 Å². The lowest BCUT2D eigenvalue weighted by atomic mass is 10.2. The van der Waals surface area contributed by atoms with Gasteiger partial charge in [0.1, 0.15) is 10.4 Å². The van der Waals surface area contributed by atoms with Crippen LogP contribution in [0.4, 0.5) is 5.69 Å². The third kappa shape index (κ3) is 4.12. The Hall–Kier alpha value is -3.56. The van der Waals surface area contributed by atoms with E-state index in [0.717, 1.165) is 22.2 Å². The molecular formula is C23H16N2O5S2. The summed E-state index contributed by atoms with van der Waals surface area (Å²) >= 11 is 6.40. The zero-order valence-electron chi connectivity index (χ0n) is 16.5. The van der Waals surface area contributed by atoms with Gasteiger partial charge >= 0.3 is 5.97 Å². The fourth-order valence-corrected chi connectivity index (χ4v) is 4.72. The van der Waals surface area contributed by atoms with Gasteiger partial charge in [0.25, 0.3) is 11.8 Å². The maximum absolute atomic E-state index is 13.0. The van der Waals surface area contributed by atoms with E-state index in [4.69, 9.17) is 17.3 Å². The molecule has 0 aromatic heterocycles. The summed E-state index contributed by atoms with van der Waals surface area (Å²) in [6, 6.07) is 13.9. The van der Waals surface area contributed by atoms with E-state index >= 15 is 0 Å². The summed E-state index contributed by atoms with van der Waals surface area (Å²) in [5.41, 5.74) is 1.26. The van der Waals surface area contributed by atoms with Gasteiger partial charge in [0, 0.05) is 0 Å². The summed E-state index contributed by atoms with van der Waals surface area (Å²) in [7, 11) is 0. The predicted octanol–water partition coefficient (Wildman–Crippen LogP) is 3.47. The molecule has 160 valence electrons. The molecule has 1 unspecified atom stereocenters. The summed E-state index contributed by atoms with van der Waals surface area (Å²) in [5, 5.41) is 9.02. The molecule has 2 aromatic rings. The highest BCUT2D eigenvalue weighted by molar-refractivity contribution is 8.26. The first-order valence-corrected chi connectivity index (χ1v) is 10.8. The SMILES string of the molecule is O=C(O)c1ccc(N2C(=O)CC(N3C(=O)C(=CC=Cc4ccccc4)SC3=S)C2=O)cc1. The molecule has 3 amide bonds. The summed E-state index contributed by atoms with van der Waals surface area (Å²) in [5.74, 6) is -2.59. The first kappa shape index (κ1) is 21.7. The first-order chi connectivity index (χ1) is 15.4. The van der Waals surface area contributed by atoms with Crippen molar-refractivity contribution in [2.45, 2.75) is 12.5 Å². The van der Waals surface area contributed by atoms with Crippen molar-refractivity contribution < 1.29 is 24.3 Å². The number of rotatable bonds is 5. The maximum Gasteiger partial charge on any atom is 0.335 e. The van der Waals surface area contributed by atoms with Crippen LogP contribution in [-0.2, 0) is 14.4 Å². The minimum absolute atomic E-state index is 0.0371. The fourth-order valence-electron chi connectivity index (χ4n) is 3.42. The molecule has 2 aliphatic rings. The molecule has 0 spiro atoms. The number of carbonyl (C=O) groups excluding carboxylic acids is 3. The monoisotopic (exact) mass is 464 g/mol. The van der Waals surface area contributed by atoms with Crippen LogP contribution in [0.15, 0.2) is 71.7 Å². The van der Waals surface area contributed by atoms with Gasteiger partial charge in [0.15, 0.2) is 0 Å². The van der Waals surface area contributed by atoms with Crippen molar-refractivity contribution in [2.24, 2.45) is 0 Å². The zero-order chi connectivity index (χ0) is 22.8. The molecule has 2 fully saturated rings. The topological polar surface area (TPSA) is 95.0 Å². The molecule has 0 saturated carbocycles. The number of carboxylic acids is 1. The molecule has 2 aromatic carbocycles. The van der Waals surface area contributed by atoms with Crippen molar-refractivity contribution in [3.8, 4) is 0 Å². The second-order valence-corrected chi connectivity index (χ2v) is 8.66. The number of hydrogen-bond donors (Lipinski definition) is 1. The van der Waals surface area contributed by atoms with Gasteiger partial charge in [-0.15, -0.1) is 0 Å². The lowest BCUT2D eigenvalue weighted by Gasteiger charge is -2.21. The second-order valence-electron chi connectivity index (χ2n) is 6.98.